The van der Waals surface area contributed by atoms with Crippen LogP contribution in [-0.2, 0) is 17.1 Å². The fourth-order valence-corrected chi connectivity index (χ4v) is 4.18. The molecule has 7 heteroatoms. The van der Waals surface area contributed by atoms with Crippen LogP contribution >= 0.6 is 0 Å². The minimum absolute atomic E-state index is 0.107. The van der Waals surface area contributed by atoms with Crippen molar-refractivity contribution in [2.75, 3.05) is 6.54 Å². The second-order valence-electron chi connectivity index (χ2n) is 4.89. The van der Waals surface area contributed by atoms with Gasteiger partial charge in [-0.2, -0.15) is 9.40 Å². The molecule has 0 bridgehead atoms. The van der Waals surface area contributed by atoms with E-state index in [1.54, 1.807) is 7.05 Å². The van der Waals surface area contributed by atoms with Crippen LogP contribution in [0.1, 0.15) is 26.2 Å². The molecule has 1 aromatic rings. The molecule has 1 aromatic heterocycles. The summed E-state index contributed by atoms with van der Waals surface area (Å²) in [6, 6.07) is -0.263. The van der Waals surface area contributed by atoms with Gasteiger partial charge in [0.05, 0.1) is 6.20 Å². The zero-order valence-electron chi connectivity index (χ0n) is 10.8. The number of hydrogen-bond donors (Lipinski definition) is 1. The van der Waals surface area contributed by atoms with Crippen LogP contribution < -0.4 is 5.73 Å². The number of aromatic nitrogens is 2. The Morgan fingerprint density at radius 2 is 2.22 bits per heavy atom. The molecule has 2 N–H and O–H groups in total. The Hall–Kier alpha value is -0.920. The zero-order valence-corrected chi connectivity index (χ0v) is 11.6. The first-order chi connectivity index (χ1) is 8.43. The lowest BCUT2D eigenvalue weighted by molar-refractivity contribution is 0.227. The Morgan fingerprint density at radius 3 is 2.78 bits per heavy atom. The van der Waals surface area contributed by atoms with E-state index in [2.05, 4.69) is 5.10 Å². The van der Waals surface area contributed by atoms with Gasteiger partial charge in [0.1, 0.15) is 4.90 Å². The second kappa shape index (κ2) is 4.99. The van der Waals surface area contributed by atoms with Gasteiger partial charge < -0.3 is 5.73 Å². The molecule has 1 saturated heterocycles. The fraction of sp³-hybridized carbons (Fsp3) is 0.727. The van der Waals surface area contributed by atoms with Crippen molar-refractivity contribution in [3.63, 3.8) is 0 Å². The number of nitrogens with two attached hydrogens (primary N) is 1. The Morgan fingerprint density at radius 1 is 1.50 bits per heavy atom. The third-order valence-corrected chi connectivity index (χ3v) is 5.27. The van der Waals surface area contributed by atoms with Crippen molar-refractivity contribution in [1.82, 2.24) is 14.1 Å². The Labute approximate surface area is 108 Å². The Bertz CT molecular complexity index is 509. The van der Waals surface area contributed by atoms with Crippen LogP contribution in [0.5, 0.6) is 0 Å². The van der Waals surface area contributed by atoms with Gasteiger partial charge in [0.15, 0.2) is 0 Å². The van der Waals surface area contributed by atoms with Gasteiger partial charge in [-0.25, -0.2) is 8.42 Å². The first kappa shape index (κ1) is 13.5. The minimum atomic E-state index is -3.47. The third-order valence-electron chi connectivity index (χ3n) is 3.39. The monoisotopic (exact) mass is 272 g/mol. The largest absolute Gasteiger partial charge is 0.326 e. The summed E-state index contributed by atoms with van der Waals surface area (Å²) in [6.45, 7) is 2.41. The van der Waals surface area contributed by atoms with E-state index in [1.807, 2.05) is 6.92 Å². The first-order valence-electron chi connectivity index (χ1n) is 6.19. The summed E-state index contributed by atoms with van der Waals surface area (Å²) in [4.78, 5) is 0.248. The van der Waals surface area contributed by atoms with E-state index >= 15 is 0 Å². The van der Waals surface area contributed by atoms with Crippen molar-refractivity contribution in [1.29, 1.82) is 0 Å². The average Bonchev–Trinajstić information content (AvgIpc) is 2.76. The number of hydrogen-bond acceptors (Lipinski definition) is 4. The van der Waals surface area contributed by atoms with E-state index < -0.39 is 10.0 Å². The van der Waals surface area contributed by atoms with Gasteiger partial charge in [-0.05, 0) is 19.8 Å². The fourth-order valence-electron chi connectivity index (χ4n) is 2.42. The number of sulfonamides is 1. The lowest BCUT2D eigenvalue weighted by atomic mass is 10.00. The lowest BCUT2D eigenvalue weighted by Gasteiger charge is -2.36. The molecule has 0 saturated carbocycles. The smallest absolute Gasteiger partial charge is 0.246 e. The van der Waals surface area contributed by atoms with Crippen molar-refractivity contribution in [2.45, 2.75) is 43.2 Å². The molecular weight excluding hydrogens is 252 g/mol. The highest BCUT2D eigenvalue weighted by Gasteiger charge is 2.35. The maximum atomic E-state index is 12.5. The molecule has 2 atom stereocenters. The molecule has 0 aliphatic carbocycles. The molecule has 0 spiro atoms. The highest BCUT2D eigenvalue weighted by atomic mass is 32.2. The summed E-state index contributed by atoms with van der Waals surface area (Å²) < 4.78 is 28.1. The van der Waals surface area contributed by atoms with Gasteiger partial charge in [-0.3, -0.25) is 4.68 Å². The highest BCUT2D eigenvalue weighted by Crippen LogP contribution is 2.26. The molecule has 1 fully saturated rings. The molecular formula is C11H20N4O2S. The number of aryl methyl sites for hydroxylation is 1. The van der Waals surface area contributed by atoms with Crippen LogP contribution in [0.15, 0.2) is 17.3 Å². The summed E-state index contributed by atoms with van der Waals surface area (Å²) in [5, 5.41) is 3.93. The van der Waals surface area contributed by atoms with Crippen LogP contribution in [-0.4, -0.2) is 41.1 Å². The van der Waals surface area contributed by atoms with Gasteiger partial charge in [0.2, 0.25) is 10.0 Å². The van der Waals surface area contributed by atoms with E-state index in [9.17, 15) is 8.42 Å². The molecule has 18 heavy (non-hydrogen) atoms. The molecule has 0 radical (unpaired) electrons. The van der Waals surface area contributed by atoms with E-state index in [0.29, 0.717) is 6.54 Å². The number of nitrogens with zero attached hydrogens (tertiary/aromatic N) is 3. The molecule has 0 amide bonds. The zero-order chi connectivity index (χ0) is 13.3. The van der Waals surface area contributed by atoms with Crippen LogP contribution in [0.4, 0.5) is 0 Å². The van der Waals surface area contributed by atoms with Crippen LogP contribution in [0, 0.1) is 0 Å². The summed E-state index contributed by atoms with van der Waals surface area (Å²) in [5.74, 6) is 0. The van der Waals surface area contributed by atoms with Crippen LogP contribution in [0.2, 0.25) is 0 Å². The Kier molecular flexibility index (Phi) is 3.74. The third kappa shape index (κ3) is 2.43. The molecule has 2 heterocycles. The summed E-state index contributed by atoms with van der Waals surface area (Å²) in [5.41, 5.74) is 5.91. The Balaban J connectivity index is 2.33. The van der Waals surface area contributed by atoms with Crippen LogP contribution in [0.25, 0.3) is 0 Å². The van der Waals surface area contributed by atoms with Crippen molar-refractivity contribution in [3.8, 4) is 0 Å². The predicted molar refractivity (Wildman–Crippen MR) is 68.4 cm³/mol. The van der Waals surface area contributed by atoms with Crippen molar-refractivity contribution in [2.24, 2.45) is 12.8 Å². The second-order valence-corrected chi connectivity index (χ2v) is 6.78. The molecule has 6 nitrogen and oxygen atoms in total. The molecule has 0 aromatic carbocycles. The lowest BCUT2D eigenvalue weighted by Crippen LogP contribution is -2.51. The topological polar surface area (TPSA) is 81.2 Å². The van der Waals surface area contributed by atoms with E-state index in [4.69, 9.17) is 5.73 Å². The minimum Gasteiger partial charge on any atom is -0.326 e. The molecule has 0 unspecified atom stereocenters. The van der Waals surface area contributed by atoms with E-state index in [-0.39, 0.29) is 17.0 Å². The summed E-state index contributed by atoms with van der Waals surface area (Å²) in [7, 11) is -1.76. The number of piperidine rings is 1. The van der Waals surface area contributed by atoms with Gasteiger partial charge in [-0.1, -0.05) is 6.42 Å². The van der Waals surface area contributed by atoms with E-state index in [0.717, 1.165) is 19.3 Å². The average molecular weight is 272 g/mol. The maximum Gasteiger partial charge on any atom is 0.246 e. The molecule has 102 valence electrons. The normalized spacial score (nSPS) is 24.1. The van der Waals surface area contributed by atoms with Gasteiger partial charge in [0.25, 0.3) is 0 Å². The highest BCUT2D eigenvalue weighted by molar-refractivity contribution is 7.89. The van der Waals surface area contributed by atoms with Crippen molar-refractivity contribution >= 4 is 10.0 Å². The maximum absolute atomic E-state index is 12.5. The van der Waals surface area contributed by atoms with Gasteiger partial charge in [-0.15, -0.1) is 0 Å². The van der Waals surface area contributed by atoms with Gasteiger partial charge >= 0.3 is 0 Å². The molecule has 1 aliphatic rings. The standard InChI is InChI=1S/C11H20N4O2S/c1-9(12)11-5-3-4-6-15(11)18(16,17)10-7-13-14(2)8-10/h7-9,11H,3-6,12H2,1-2H3/t9-,11-/m1/s1. The summed E-state index contributed by atoms with van der Waals surface area (Å²) >= 11 is 0. The van der Waals surface area contributed by atoms with Crippen molar-refractivity contribution < 1.29 is 8.42 Å². The SMILES string of the molecule is C[C@@H](N)[C@H]1CCCCN1S(=O)(=O)c1cnn(C)c1. The predicted octanol–water partition coefficient (Wildman–Crippen LogP) is 0.311. The first-order valence-corrected chi connectivity index (χ1v) is 7.63. The molecule has 1 aliphatic heterocycles. The van der Waals surface area contributed by atoms with Crippen molar-refractivity contribution in [3.05, 3.63) is 12.4 Å². The van der Waals surface area contributed by atoms with Crippen LogP contribution in [0.3, 0.4) is 0 Å². The van der Waals surface area contributed by atoms with E-state index in [1.165, 1.54) is 21.4 Å². The quantitative estimate of drug-likeness (QED) is 0.858. The molecule has 2 rings (SSSR count). The summed E-state index contributed by atoms with van der Waals surface area (Å²) in [6.07, 6.45) is 5.68. The van der Waals surface area contributed by atoms with Gasteiger partial charge in [0, 0.05) is 31.9 Å². The number of rotatable bonds is 3.